The number of fused-ring (bicyclic) bond motifs is 1. The summed E-state index contributed by atoms with van der Waals surface area (Å²) in [7, 11) is 0. The SMILES string of the molecule is CCOC(=O)C(/C=N\O)CCc1ccc2ccccc2c1[N+](=O)[O-]. The van der Waals surface area contributed by atoms with Crippen LogP contribution in [0.5, 0.6) is 0 Å². The smallest absolute Gasteiger partial charge is 0.314 e. The molecule has 2 aromatic rings. The molecule has 7 heteroatoms. The predicted octanol–water partition coefficient (Wildman–Crippen LogP) is 3.32. The van der Waals surface area contributed by atoms with E-state index in [1.165, 1.54) is 0 Å². The first-order chi connectivity index (χ1) is 11.6. The summed E-state index contributed by atoms with van der Waals surface area (Å²) in [6.07, 6.45) is 1.63. The van der Waals surface area contributed by atoms with Crippen LogP contribution < -0.4 is 0 Å². The van der Waals surface area contributed by atoms with Crippen LogP contribution >= 0.6 is 0 Å². The zero-order valence-corrected chi connectivity index (χ0v) is 13.2. The fourth-order valence-corrected chi connectivity index (χ4v) is 2.61. The standard InChI is InChI=1S/C17H18N2O5/c1-2-24-17(20)14(11-18-21)10-9-13-8-7-12-5-3-4-6-15(12)16(13)19(22)23/h3-8,11,14,21H,2,9-10H2,1H3/b18-11-. The summed E-state index contributed by atoms with van der Waals surface area (Å²) >= 11 is 0. The van der Waals surface area contributed by atoms with Gasteiger partial charge in [-0.05, 0) is 31.2 Å². The minimum Gasteiger partial charge on any atom is -0.465 e. The maximum Gasteiger partial charge on any atom is 0.314 e. The predicted molar refractivity (Wildman–Crippen MR) is 89.3 cm³/mol. The molecule has 24 heavy (non-hydrogen) atoms. The number of esters is 1. The molecule has 1 unspecified atom stereocenters. The second kappa shape index (κ2) is 8.05. The third-order valence-corrected chi connectivity index (χ3v) is 3.73. The molecule has 1 atom stereocenters. The van der Waals surface area contributed by atoms with Crippen molar-refractivity contribution in [2.45, 2.75) is 19.8 Å². The molecule has 0 radical (unpaired) electrons. The summed E-state index contributed by atoms with van der Waals surface area (Å²) in [5.74, 6) is -1.26. The molecule has 0 aliphatic rings. The number of nitro groups is 1. The largest absolute Gasteiger partial charge is 0.465 e. The van der Waals surface area contributed by atoms with Gasteiger partial charge in [-0.15, -0.1) is 5.16 Å². The van der Waals surface area contributed by atoms with Gasteiger partial charge in [0.2, 0.25) is 0 Å². The van der Waals surface area contributed by atoms with Gasteiger partial charge in [-0.3, -0.25) is 14.9 Å². The van der Waals surface area contributed by atoms with E-state index in [-0.39, 0.29) is 25.1 Å². The van der Waals surface area contributed by atoms with Crippen molar-refractivity contribution in [3.8, 4) is 0 Å². The first-order valence-corrected chi connectivity index (χ1v) is 7.57. The van der Waals surface area contributed by atoms with Crippen LogP contribution in [0.25, 0.3) is 10.8 Å². The Labute approximate surface area is 138 Å². The van der Waals surface area contributed by atoms with Crippen molar-refractivity contribution < 1.29 is 19.7 Å². The van der Waals surface area contributed by atoms with Crippen LogP contribution in [0.2, 0.25) is 0 Å². The van der Waals surface area contributed by atoms with Crippen molar-refractivity contribution >= 4 is 28.6 Å². The molecule has 0 heterocycles. The Morgan fingerprint density at radius 2 is 2.12 bits per heavy atom. The van der Waals surface area contributed by atoms with Crippen molar-refractivity contribution in [3.05, 3.63) is 52.1 Å². The third-order valence-electron chi connectivity index (χ3n) is 3.73. The Balaban J connectivity index is 2.30. The van der Waals surface area contributed by atoms with E-state index in [0.29, 0.717) is 10.9 Å². The van der Waals surface area contributed by atoms with E-state index < -0.39 is 16.8 Å². The number of carbonyl (C=O) groups excluding carboxylic acids is 1. The number of carbonyl (C=O) groups is 1. The van der Waals surface area contributed by atoms with Crippen molar-refractivity contribution in [1.82, 2.24) is 0 Å². The van der Waals surface area contributed by atoms with Crippen molar-refractivity contribution in [3.63, 3.8) is 0 Å². The van der Waals surface area contributed by atoms with E-state index in [4.69, 9.17) is 9.94 Å². The van der Waals surface area contributed by atoms with Gasteiger partial charge >= 0.3 is 5.97 Å². The number of nitrogens with zero attached hydrogens (tertiary/aromatic N) is 2. The van der Waals surface area contributed by atoms with Crippen LogP contribution in [0.15, 0.2) is 41.6 Å². The fraction of sp³-hybridized carbons (Fsp3) is 0.294. The van der Waals surface area contributed by atoms with Crippen LogP contribution in [-0.2, 0) is 16.0 Å². The number of rotatable bonds is 7. The average molecular weight is 330 g/mol. The molecular formula is C17H18N2O5. The number of oxime groups is 1. The fourth-order valence-electron chi connectivity index (χ4n) is 2.61. The zero-order valence-electron chi connectivity index (χ0n) is 13.2. The van der Waals surface area contributed by atoms with Gasteiger partial charge in [-0.1, -0.05) is 30.3 Å². The first-order valence-electron chi connectivity index (χ1n) is 7.57. The van der Waals surface area contributed by atoms with Crippen LogP contribution in [-0.4, -0.2) is 28.9 Å². The Kier molecular flexibility index (Phi) is 5.83. The number of nitro benzene ring substituents is 1. The summed E-state index contributed by atoms with van der Waals surface area (Å²) in [5, 5.41) is 24.4. The summed E-state index contributed by atoms with van der Waals surface area (Å²) in [6.45, 7) is 1.89. The first kappa shape index (κ1) is 17.4. The number of benzene rings is 2. The minimum atomic E-state index is -0.749. The summed E-state index contributed by atoms with van der Waals surface area (Å²) in [5.41, 5.74) is 0.566. The van der Waals surface area contributed by atoms with E-state index >= 15 is 0 Å². The number of hydrogen-bond donors (Lipinski definition) is 1. The van der Waals surface area contributed by atoms with E-state index in [2.05, 4.69) is 5.16 Å². The maximum absolute atomic E-state index is 11.8. The van der Waals surface area contributed by atoms with E-state index in [1.54, 1.807) is 25.1 Å². The highest BCUT2D eigenvalue weighted by Gasteiger charge is 2.22. The molecule has 0 saturated carbocycles. The lowest BCUT2D eigenvalue weighted by molar-refractivity contribution is -0.383. The highest BCUT2D eigenvalue weighted by molar-refractivity contribution is 5.92. The Morgan fingerprint density at radius 3 is 2.79 bits per heavy atom. The number of ether oxygens (including phenoxy) is 1. The monoisotopic (exact) mass is 330 g/mol. The van der Waals surface area contributed by atoms with Gasteiger partial charge in [0, 0.05) is 5.56 Å². The van der Waals surface area contributed by atoms with Crippen LogP contribution in [0.1, 0.15) is 18.9 Å². The summed E-state index contributed by atoms with van der Waals surface area (Å²) < 4.78 is 4.92. The summed E-state index contributed by atoms with van der Waals surface area (Å²) in [6, 6.07) is 10.6. The zero-order chi connectivity index (χ0) is 17.5. The van der Waals surface area contributed by atoms with Crippen molar-refractivity contribution in [2.75, 3.05) is 6.61 Å². The molecule has 1 N–H and O–H groups in total. The van der Waals surface area contributed by atoms with Gasteiger partial charge in [-0.2, -0.15) is 0 Å². The van der Waals surface area contributed by atoms with Gasteiger partial charge in [0.25, 0.3) is 5.69 Å². The van der Waals surface area contributed by atoms with Crippen LogP contribution in [0.3, 0.4) is 0 Å². The minimum absolute atomic E-state index is 0.0386. The topological polar surface area (TPSA) is 102 Å². The van der Waals surface area contributed by atoms with Crippen LogP contribution in [0, 0.1) is 16.0 Å². The van der Waals surface area contributed by atoms with E-state index in [1.807, 2.05) is 18.2 Å². The molecular weight excluding hydrogens is 312 g/mol. The lowest BCUT2D eigenvalue weighted by Gasteiger charge is -2.11. The molecule has 2 aromatic carbocycles. The Bertz CT molecular complexity index is 773. The molecule has 0 amide bonds. The van der Waals surface area contributed by atoms with E-state index in [9.17, 15) is 14.9 Å². The highest BCUT2D eigenvalue weighted by atomic mass is 16.6. The second-order valence-corrected chi connectivity index (χ2v) is 5.21. The van der Waals surface area contributed by atoms with Gasteiger partial charge in [0.1, 0.15) is 0 Å². The Morgan fingerprint density at radius 1 is 1.38 bits per heavy atom. The third kappa shape index (κ3) is 3.87. The molecule has 0 saturated heterocycles. The van der Waals surface area contributed by atoms with Crippen molar-refractivity contribution in [2.24, 2.45) is 11.1 Å². The van der Waals surface area contributed by atoms with Crippen LogP contribution in [0.4, 0.5) is 5.69 Å². The molecule has 0 fully saturated rings. The lowest BCUT2D eigenvalue weighted by atomic mass is 9.96. The maximum atomic E-state index is 11.8. The van der Waals surface area contributed by atoms with Crippen molar-refractivity contribution in [1.29, 1.82) is 0 Å². The molecule has 126 valence electrons. The van der Waals surface area contributed by atoms with Gasteiger partial charge in [0.05, 0.1) is 29.0 Å². The quantitative estimate of drug-likeness (QED) is 0.276. The lowest BCUT2D eigenvalue weighted by Crippen LogP contribution is -2.20. The summed E-state index contributed by atoms with van der Waals surface area (Å²) in [4.78, 5) is 22.9. The van der Waals surface area contributed by atoms with Gasteiger partial charge in [-0.25, -0.2) is 0 Å². The normalized spacial score (nSPS) is 12.4. The molecule has 2 rings (SSSR count). The highest BCUT2D eigenvalue weighted by Crippen LogP contribution is 2.30. The van der Waals surface area contributed by atoms with Gasteiger partial charge < -0.3 is 9.94 Å². The molecule has 0 bridgehead atoms. The van der Waals surface area contributed by atoms with E-state index in [0.717, 1.165) is 11.6 Å². The number of aryl methyl sites for hydroxylation is 1. The molecule has 0 aliphatic heterocycles. The average Bonchev–Trinajstić information content (AvgIpc) is 2.57. The molecule has 0 aromatic heterocycles. The molecule has 0 aliphatic carbocycles. The van der Waals surface area contributed by atoms with Gasteiger partial charge in [0.15, 0.2) is 0 Å². The second-order valence-electron chi connectivity index (χ2n) is 5.21. The molecule has 0 spiro atoms. The Hall–Kier alpha value is -2.96. The number of hydrogen-bond acceptors (Lipinski definition) is 6. The molecule has 7 nitrogen and oxygen atoms in total.